The zero-order chi connectivity index (χ0) is 18.4. The van der Waals surface area contributed by atoms with Crippen LogP contribution in [0, 0.1) is 0 Å². The number of aliphatic hydroxyl groups excluding tert-OH is 1. The quantitative estimate of drug-likeness (QED) is 0.499. The maximum Gasteiger partial charge on any atom is 0.256 e. The molecule has 0 unspecified atom stereocenters. The van der Waals surface area contributed by atoms with Crippen molar-refractivity contribution < 1.29 is 9.90 Å². The number of carbonyl (C=O) groups is 1. The highest BCUT2D eigenvalue weighted by Gasteiger charge is 2.11. The van der Waals surface area contributed by atoms with Crippen molar-refractivity contribution in [2.75, 3.05) is 29.5 Å². The van der Waals surface area contributed by atoms with Crippen LogP contribution in [0.2, 0.25) is 0 Å². The number of nitrogens with one attached hydrogen (secondary N) is 2. The number of hydrogen-bond donors (Lipinski definition) is 4. The van der Waals surface area contributed by atoms with Crippen LogP contribution in [0.5, 0.6) is 0 Å². The monoisotopic (exact) mass is 350 g/mol. The Kier molecular flexibility index (Phi) is 5.35. The van der Waals surface area contributed by atoms with E-state index in [1.807, 2.05) is 12.1 Å². The fourth-order valence-electron chi connectivity index (χ4n) is 2.25. The van der Waals surface area contributed by atoms with Gasteiger partial charge in [-0.15, -0.1) is 0 Å². The second kappa shape index (κ2) is 8.04. The van der Waals surface area contributed by atoms with Gasteiger partial charge in [0.25, 0.3) is 5.91 Å². The number of pyridine rings is 1. The Bertz CT molecular complexity index is 884. The summed E-state index contributed by atoms with van der Waals surface area (Å²) in [5.74, 6) is 0.340. The number of aromatic nitrogens is 3. The molecule has 0 bridgehead atoms. The van der Waals surface area contributed by atoms with Crippen molar-refractivity contribution in [2.24, 2.45) is 0 Å². The summed E-state index contributed by atoms with van der Waals surface area (Å²) in [5, 5.41) is 14.7. The number of anilines is 3. The molecular formula is C18H18N6O2. The Morgan fingerprint density at radius 1 is 1.08 bits per heavy atom. The minimum Gasteiger partial charge on any atom is -0.399 e. The average Bonchev–Trinajstić information content (AvgIpc) is 2.67. The molecule has 0 saturated heterocycles. The molecule has 1 amide bonds. The third kappa shape index (κ3) is 4.31. The van der Waals surface area contributed by atoms with Crippen molar-refractivity contribution in [2.45, 2.75) is 0 Å². The number of rotatable bonds is 6. The van der Waals surface area contributed by atoms with E-state index in [0.717, 1.165) is 5.56 Å². The van der Waals surface area contributed by atoms with Gasteiger partial charge >= 0.3 is 0 Å². The Labute approximate surface area is 150 Å². The normalized spacial score (nSPS) is 10.3. The molecule has 0 spiro atoms. The molecule has 0 aliphatic heterocycles. The van der Waals surface area contributed by atoms with Crippen molar-refractivity contribution in [1.29, 1.82) is 0 Å². The van der Waals surface area contributed by atoms with Crippen molar-refractivity contribution in [3.63, 3.8) is 0 Å². The summed E-state index contributed by atoms with van der Waals surface area (Å²) in [7, 11) is 0. The van der Waals surface area contributed by atoms with Crippen molar-refractivity contribution in [3.05, 3.63) is 60.4 Å². The second-order valence-corrected chi connectivity index (χ2v) is 5.42. The first kappa shape index (κ1) is 17.3. The van der Waals surface area contributed by atoms with Crippen LogP contribution in [-0.4, -0.2) is 39.1 Å². The highest BCUT2D eigenvalue weighted by molar-refractivity contribution is 6.04. The van der Waals surface area contributed by atoms with E-state index in [-0.39, 0.29) is 12.5 Å². The molecule has 0 saturated carbocycles. The van der Waals surface area contributed by atoms with Gasteiger partial charge in [-0.1, -0.05) is 0 Å². The maximum atomic E-state index is 12.4. The summed E-state index contributed by atoms with van der Waals surface area (Å²) < 4.78 is 0. The molecule has 2 aromatic heterocycles. The fraction of sp³-hybridized carbons (Fsp3) is 0.111. The Hall–Kier alpha value is -3.52. The van der Waals surface area contributed by atoms with E-state index < -0.39 is 0 Å². The first-order chi connectivity index (χ1) is 12.7. The summed E-state index contributed by atoms with van der Waals surface area (Å²) in [4.78, 5) is 25.1. The third-order valence-electron chi connectivity index (χ3n) is 3.51. The molecule has 0 atom stereocenters. The van der Waals surface area contributed by atoms with Gasteiger partial charge in [0, 0.05) is 41.8 Å². The van der Waals surface area contributed by atoms with Gasteiger partial charge in [-0.05, 0) is 36.4 Å². The highest BCUT2D eigenvalue weighted by Crippen LogP contribution is 2.21. The molecule has 8 heteroatoms. The van der Waals surface area contributed by atoms with Gasteiger partial charge in [0.1, 0.15) is 5.82 Å². The van der Waals surface area contributed by atoms with Crippen molar-refractivity contribution >= 4 is 23.4 Å². The van der Waals surface area contributed by atoms with Crippen LogP contribution < -0.4 is 16.4 Å². The van der Waals surface area contributed by atoms with Crippen LogP contribution in [0.1, 0.15) is 10.4 Å². The first-order valence-electron chi connectivity index (χ1n) is 7.97. The summed E-state index contributed by atoms with van der Waals surface area (Å²) in [6.07, 6.45) is 3.32. The molecule has 3 rings (SSSR count). The van der Waals surface area contributed by atoms with E-state index in [4.69, 9.17) is 10.8 Å². The number of nitrogen functional groups attached to an aromatic ring is 1. The molecule has 5 N–H and O–H groups in total. The van der Waals surface area contributed by atoms with Gasteiger partial charge in [0.15, 0.2) is 0 Å². The summed E-state index contributed by atoms with van der Waals surface area (Å²) in [5.41, 5.74) is 8.14. The van der Waals surface area contributed by atoms with Gasteiger partial charge in [-0.2, -0.15) is 4.98 Å². The Morgan fingerprint density at radius 3 is 2.50 bits per heavy atom. The van der Waals surface area contributed by atoms with Crippen LogP contribution in [0.3, 0.4) is 0 Å². The first-order valence-corrected chi connectivity index (χ1v) is 7.97. The lowest BCUT2D eigenvalue weighted by atomic mass is 10.2. The summed E-state index contributed by atoms with van der Waals surface area (Å²) in [6, 6.07) is 11.9. The van der Waals surface area contributed by atoms with Crippen LogP contribution in [-0.2, 0) is 0 Å². The lowest BCUT2D eigenvalue weighted by molar-refractivity contribution is 0.102. The number of nitrogens with two attached hydrogens (primary N) is 1. The minimum absolute atomic E-state index is 0.0595. The van der Waals surface area contributed by atoms with E-state index in [1.54, 1.807) is 42.7 Å². The van der Waals surface area contributed by atoms with E-state index in [0.29, 0.717) is 35.3 Å². The van der Waals surface area contributed by atoms with Crippen LogP contribution in [0.25, 0.3) is 11.3 Å². The van der Waals surface area contributed by atoms with E-state index in [1.165, 1.54) is 0 Å². The van der Waals surface area contributed by atoms with Gasteiger partial charge in [0.2, 0.25) is 5.95 Å². The standard InChI is InChI=1S/C18H18N6O2/c19-14-3-1-13(2-4-14)17(26)23-16-11-15(12-5-7-20-8-6-12)22-18(24-16)21-9-10-25/h1-8,11,25H,9-10,19H2,(H2,21,22,23,24,26). The molecule has 0 aliphatic rings. The molecular weight excluding hydrogens is 332 g/mol. The van der Waals surface area contributed by atoms with Gasteiger partial charge in [-0.25, -0.2) is 4.98 Å². The number of nitrogens with zero attached hydrogens (tertiary/aromatic N) is 3. The molecule has 1 aromatic carbocycles. The molecule has 0 radical (unpaired) electrons. The smallest absolute Gasteiger partial charge is 0.256 e. The van der Waals surface area contributed by atoms with Gasteiger partial charge < -0.3 is 21.5 Å². The highest BCUT2D eigenvalue weighted by atomic mass is 16.3. The minimum atomic E-state index is -0.308. The number of hydrogen-bond acceptors (Lipinski definition) is 7. The Morgan fingerprint density at radius 2 is 1.81 bits per heavy atom. The summed E-state index contributed by atoms with van der Waals surface area (Å²) >= 11 is 0. The number of amides is 1. The molecule has 3 aromatic rings. The zero-order valence-corrected chi connectivity index (χ0v) is 13.9. The lowest BCUT2D eigenvalue weighted by Gasteiger charge is -2.10. The maximum absolute atomic E-state index is 12.4. The SMILES string of the molecule is Nc1ccc(C(=O)Nc2cc(-c3ccncc3)nc(NCCO)n2)cc1. The molecule has 0 aliphatic carbocycles. The van der Waals surface area contributed by atoms with Crippen LogP contribution >= 0.6 is 0 Å². The predicted octanol–water partition coefficient (Wildman–Crippen LogP) is 1.78. The van der Waals surface area contributed by atoms with Crippen LogP contribution in [0.4, 0.5) is 17.5 Å². The molecule has 2 heterocycles. The third-order valence-corrected chi connectivity index (χ3v) is 3.51. The number of carbonyl (C=O) groups excluding carboxylic acids is 1. The van der Waals surface area contributed by atoms with Crippen LogP contribution in [0.15, 0.2) is 54.9 Å². The van der Waals surface area contributed by atoms with E-state index >= 15 is 0 Å². The Balaban J connectivity index is 1.89. The largest absolute Gasteiger partial charge is 0.399 e. The molecule has 8 nitrogen and oxygen atoms in total. The van der Waals surface area contributed by atoms with E-state index in [9.17, 15) is 4.79 Å². The number of benzene rings is 1. The molecule has 132 valence electrons. The molecule has 26 heavy (non-hydrogen) atoms. The lowest BCUT2D eigenvalue weighted by Crippen LogP contribution is -2.15. The topological polar surface area (TPSA) is 126 Å². The van der Waals surface area contributed by atoms with Crippen molar-refractivity contribution in [3.8, 4) is 11.3 Å². The second-order valence-electron chi connectivity index (χ2n) is 5.42. The van der Waals surface area contributed by atoms with Gasteiger partial charge in [-0.3, -0.25) is 9.78 Å². The van der Waals surface area contributed by atoms with Crippen molar-refractivity contribution in [1.82, 2.24) is 15.0 Å². The zero-order valence-electron chi connectivity index (χ0n) is 13.9. The fourth-order valence-corrected chi connectivity index (χ4v) is 2.25. The average molecular weight is 350 g/mol. The number of aliphatic hydroxyl groups is 1. The van der Waals surface area contributed by atoms with E-state index in [2.05, 4.69) is 25.6 Å². The molecule has 0 fully saturated rings. The predicted molar refractivity (Wildman–Crippen MR) is 99.6 cm³/mol. The summed E-state index contributed by atoms with van der Waals surface area (Å²) in [6.45, 7) is 0.237. The van der Waals surface area contributed by atoms with Gasteiger partial charge in [0.05, 0.1) is 12.3 Å².